The van der Waals surface area contributed by atoms with Crippen molar-refractivity contribution in [2.75, 3.05) is 19.1 Å². The van der Waals surface area contributed by atoms with Crippen molar-refractivity contribution in [3.05, 3.63) is 59.5 Å². The van der Waals surface area contributed by atoms with Gasteiger partial charge in [0.25, 0.3) is 0 Å². The molecule has 0 saturated carbocycles. The molecule has 0 amide bonds. The second-order valence-corrected chi connectivity index (χ2v) is 4.82. The summed E-state index contributed by atoms with van der Waals surface area (Å²) in [6, 6.07) is 3.56. The highest BCUT2D eigenvalue weighted by Gasteiger charge is 2.29. The summed E-state index contributed by atoms with van der Waals surface area (Å²) in [6.07, 6.45) is 5.74. The average molecular weight is 345 g/mol. The molecule has 8 heteroatoms. The van der Waals surface area contributed by atoms with Crippen molar-refractivity contribution in [3.8, 4) is 5.75 Å². The topological polar surface area (TPSA) is 113 Å². The molecule has 1 aliphatic heterocycles. The van der Waals surface area contributed by atoms with Crippen LogP contribution in [0.2, 0.25) is 0 Å². The third-order valence-corrected chi connectivity index (χ3v) is 3.37. The predicted molar refractivity (Wildman–Crippen MR) is 86.9 cm³/mol. The van der Waals surface area contributed by atoms with E-state index in [1.165, 1.54) is 47.5 Å². The summed E-state index contributed by atoms with van der Waals surface area (Å²) in [5.41, 5.74) is -0.458. The smallest absolute Gasteiger partial charge is 0.355 e. The first-order valence-electron chi connectivity index (χ1n) is 7.02. The summed E-state index contributed by atoms with van der Waals surface area (Å²) in [5.74, 6) is -3.16. The summed E-state index contributed by atoms with van der Waals surface area (Å²) in [6.45, 7) is 0. The minimum Gasteiger partial charge on any atom is -0.506 e. The standard InChI is InChI=1S/C17H15NO7/c1-24-16(22)11-5-3-4-8-18(14(11)17(23)25-2)12-9-10(15(20)21)6-7-13(12)19/h3-9,19H,1-2H3,(H,20,21). The molecule has 130 valence electrons. The Morgan fingerprint density at radius 2 is 1.72 bits per heavy atom. The van der Waals surface area contributed by atoms with Gasteiger partial charge in [0.15, 0.2) is 0 Å². The highest BCUT2D eigenvalue weighted by Crippen LogP contribution is 2.34. The zero-order valence-corrected chi connectivity index (χ0v) is 13.4. The molecule has 0 atom stereocenters. The number of allylic oxidation sites excluding steroid dienone is 2. The molecule has 0 aliphatic carbocycles. The Kier molecular flexibility index (Phi) is 5.23. The van der Waals surface area contributed by atoms with E-state index < -0.39 is 17.9 Å². The summed E-state index contributed by atoms with van der Waals surface area (Å²) < 4.78 is 9.41. The summed E-state index contributed by atoms with van der Waals surface area (Å²) in [4.78, 5) is 36.7. The maximum atomic E-state index is 12.3. The van der Waals surface area contributed by atoms with Crippen LogP contribution in [0.1, 0.15) is 10.4 Å². The molecular formula is C17H15NO7. The molecule has 1 aromatic carbocycles. The number of aromatic hydroxyl groups is 1. The maximum absolute atomic E-state index is 12.3. The third kappa shape index (κ3) is 3.52. The van der Waals surface area contributed by atoms with Gasteiger partial charge in [-0.15, -0.1) is 0 Å². The van der Waals surface area contributed by atoms with Crippen LogP contribution in [0, 0.1) is 0 Å². The zero-order chi connectivity index (χ0) is 18.6. The van der Waals surface area contributed by atoms with Gasteiger partial charge in [-0.2, -0.15) is 0 Å². The van der Waals surface area contributed by atoms with Crippen molar-refractivity contribution >= 4 is 23.6 Å². The van der Waals surface area contributed by atoms with Crippen LogP contribution in [0.4, 0.5) is 5.69 Å². The van der Waals surface area contributed by atoms with E-state index in [1.54, 1.807) is 0 Å². The van der Waals surface area contributed by atoms with Gasteiger partial charge in [0.2, 0.25) is 0 Å². The number of ether oxygens (including phenoxy) is 2. The number of phenols is 1. The van der Waals surface area contributed by atoms with Crippen LogP contribution < -0.4 is 4.90 Å². The van der Waals surface area contributed by atoms with Crippen molar-refractivity contribution in [3.63, 3.8) is 0 Å². The number of rotatable bonds is 4. The minimum absolute atomic E-state index is 0.0124. The molecule has 0 unspecified atom stereocenters. The zero-order valence-electron chi connectivity index (χ0n) is 13.4. The van der Waals surface area contributed by atoms with Gasteiger partial charge in [0.05, 0.1) is 31.0 Å². The van der Waals surface area contributed by atoms with Crippen LogP contribution in [0.5, 0.6) is 5.75 Å². The number of anilines is 1. The lowest BCUT2D eigenvalue weighted by atomic mass is 10.1. The highest BCUT2D eigenvalue weighted by atomic mass is 16.5. The van der Waals surface area contributed by atoms with Crippen LogP contribution in [-0.4, -0.2) is 42.3 Å². The monoisotopic (exact) mass is 345 g/mol. The van der Waals surface area contributed by atoms with Gasteiger partial charge in [0, 0.05) is 6.20 Å². The molecule has 0 aromatic heterocycles. The van der Waals surface area contributed by atoms with E-state index in [-0.39, 0.29) is 28.3 Å². The molecule has 0 spiro atoms. The molecular weight excluding hydrogens is 330 g/mol. The van der Waals surface area contributed by atoms with Crippen molar-refractivity contribution < 1.29 is 34.1 Å². The predicted octanol–water partition coefficient (Wildman–Crippen LogP) is 1.58. The number of esters is 2. The maximum Gasteiger partial charge on any atom is 0.355 e. The summed E-state index contributed by atoms with van der Waals surface area (Å²) >= 11 is 0. The van der Waals surface area contributed by atoms with Crippen LogP contribution in [0.3, 0.4) is 0 Å². The van der Waals surface area contributed by atoms with Gasteiger partial charge in [0.1, 0.15) is 11.4 Å². The molecule has 0 bridgehead atoms. The van der Waals surface area contributed by atoms with Crippen LogP contribution in [0.25, 0.3) is 0 Å². The number of nitrogens with zero attached hydrogens (tertiary/aromatic N) is 1. The number of carboxylic acids is 1. The van der Waals surface area contributed by atoms with Gasteiger partial charge in [-0.3, -0.25) is 0 Å². The molecule has 1 aliphatic rings. The number of phenolic OH excluding ortho intramolecular Hbond substituents is 1. The molecule has 0 saturated heterocycles. The quantitative estimate of drug-likeness (QED) is 0.791. The molecule has 2 N–H and O–H groups in total. The van der Waals surface area contributed by atoms with Gasteiger partial charge in [-0.05, 0) is 30.4 Å². The van der Waals surface area contributed by atoms with Crippen LogP contribution in [0.15, 0.2) is 53.9 Å². The number of methoxy groups -OCH3 is 2. The lowest BCUT2D eigenvalue weighted by molar-refractivity contribution is -0.139. The second-order valence-electron chi connectivity index (χ2n) is 4.82. The largest absolute Gasteiger partial charge is 0.506 e. The van der Waals surface area contributed by atoms with Gasteiger partial charge >= 0.3 is 17.9 Å². The van der Waals surface area contributed by atoms with E-state index in [1.807, 2.05) is 0 Å². The fraction of sp³-hybridized carbons (Fsp3) is 0.118. The Morgan fingerprint density at radius 1 is 1.04 bits per heavy atom. The van der Waals surface area contributed by atoms with Crippen molar-refractivity contribution in [1.82, 2.24) is 0 Å². The van der Waals surface area contributed by atoms with E-state index in [0.717, 1.165) is 14.2 Å². The lowest BCUT2D eigenvalue weighted by Gasteiger charge is -2.24. The lowest BCUT2D eigenvalue weighted by Crippen LogP contribution is -2.27. The summed E-state index contributed by atoms with van der Waals surface area (Å²) in [7, 11) is 2.29. The van der Waals surface area contributed by atoms with Crippen molar-refractivity contribution in [2.24, 2.45) is 0 Å². The van der Waals surface area contributed by atoms with E-state index in [2.05, 4.69) is 4.74 Å². The first-order chi connectivity index (χ1) is 11.9. The van der Waals surface area contributed by atoms with E-state index >= 15 is 0 Å². The first-order valence-corrected chi connectivity index (χ1v) is 7.02. The Bertz CT molecular complexity index is 820. The average Bonchev–Trinajstić information content (AvgIpc) is 2.83. The number of aromatic carboxylic acids is 1. The first kappa shape index (κ1) is 17.8. The number of hydrogen-bond acceptors (Lipinski definition) is 7. The van der Waals surface area contributed by atoms with Crippen molar-refractivity contribution in [2.45, 2.75) is 0 Å². The number of carbonyl (C=O) groups excluding carboxylic acids is 2. The number of hydrogen-bond donors (Lipinski definition) is 2. The van der Waals surface area contributed by atoms with Crippen LogP contribution >= 0.6 is 0 Å². The fourth-order valence-electron chi connectivity index (χ4n) is 2.20. The number of carboxylic acid groups (broad SMARTS) is 1. The van der Waals surface area contributed by atoms with Gasteiger partial charge < -0.3 is 24.6 Å². The minimum atomic E-state index is -1.21. The van der Waals surface area contributed by atoms with E-state index in [0.29, 0.717) is 0 Å². The van der Waals surface area contributed by atoms with E-state index in [9.17, 15) is 19.5 Å². The van der Waals surface area contributed by atoms with Gasteiger partial charge in [-0.25, -0.2) is 14.4 Å². The number of benzene rings is 1. The van der Waals surface area contributed by atoms with E-state index in [4.69, 9.17) is 9.84 Å². The molecule has 0 fully saturated rings. The Morgan fingerprint density at radius 3 is 2.32 bits per heavy atom. The normalized spacial score (nSPS) is 13.4. The molecule has 1 aromatic rings. The Labute approximate surface area is 142 Å². The third-order valence-electron chi connectivity index (χ3n) is 3.37. The van der Waals surface area contributed by atoms with Gasteiger partial charge in [-0.1, -0.05) is 6.08 Å². The Balaban J connectivity index is 2.73. The molecule has 8 nitrogen and oxygen atoms in total. The van der Waals surface area contributed by atoms with Crippen LogP contribution in [-0.2, 0) is 19.1 Å². The molecule has 1 heterocycles. The molecule has 0 radical (unpaired) electrons. The highest BCUT2D eigenvalue weighted by molar-refractivity contribution is 6.06. The molecule has 25 heavy (non-hydrogen) atoms. The summed E-state index contributed by atoms with van der Waals surface area (Å²) in [5, 5.41) is 19.3. The Hall–Kier alpha value is -3.55. The van der Waals surface area contributed by atoms with Crippen molar-refractivity contribution in [1.29, 1.82) is 0 Å². The number of carbonyl (C=O) groups is 3. The fourth-order valence-corrected chi connectivity index (χ4v) is 2.20. The second kappa shape index (κ2) is 7.35. The molecule has 2 rings (SSSR count). The SMILES string of the molecule is COC(=O)C1=C(C(=O)OC)N(c2cc(C(=O)O)ccc2O)C=CC=C1.